The van der Waals surface area contributed by atoms with E-state index in [1.807, 2.05) is 0 Å². The normalized spacial score (nSPS) is 13.1. The number of hydrogen-bond donors (Lipinski definition) is 1. The third-order valence-corrected chi connectivity index (χ3v) is 7.98. The average molecular weight is 560 g/mol. The van der Waals surface area contributed by atoms with Crippen molar-refractivity contribution in [2.45, 2.75) is 12.2 Å². The Balaban J connectivity index is 1.50. The molecule has 0 atom stereocenters. The largest absolute Gasteiger partial charge is 0.355 e. The van der Waals surface area contributed by atoms with Crippen molar-refractivity contribution in [1.82, 2.24) is 0 Å². The molecule has 0 saturated heterocycles. The summed E-state index contributed by atoms with van der Waals surface area (Å²) in [4.78, 5) is 0. The van der Waals surface area contributed by atoms with E-state index in [0.717, 1.165) is 11.4 Å². The first-order valence-electron chi connectivity index (χ1n) is 11.9. The Morgan fingerprint density at radius 3 is 1.80 bits per heavy atom. The molecule has 0 aliphatic heterocycles. The number of hydrogen-bond acceptors (Lipinski definition) is 1. The molecule has 0 aromatic heterocycles. The van der Waals surface area contributed by atoms with Crippen molar-refractivity contribution in [1.29, 1.82) is 0 Å². The summed E-state index contributed by atoms with van der Waals surface area (Å²) in [6, 6.07) is 44.1. The first-order valence-corrected chi connectivity index (χ1v) is 13.0. The first-order chi connectivity index (χ1) is 17.2. The number of fused-ring (bicyclic) bond motifs is 3. The van der Waals surface area contributed by atoms with Crippen LogP contribution in [0.1, 0.15) is 22.3 Å². The molecule has 1 aliphatic carbocycles. The third-order valence-electron chi connectivity index (χ3n) is 7.08. The van der Waals surface area contributed by atoms with Crippen molar-refractivity contribution < 1.29 is 0 Å². The molecule has 0 heterocycles. The van der Waals surface area contributed by atoms with Gasteiger partial charge in [-0.15, -0.1) is 0 Å². The predicted molar refractivity (Wildman–Crippen MR) is 157 cm³/mol. The van der Waals surface area contributed by atoms with E-state index in [1.54, 1.807) is 0 Å². The summed E-state index contributed by atoms with van der Waals surface area (Å²) in [5.41, 5.74) is 11.0. The molecule has 6 rings (SSSR count). The van der Waals surface area contributed by atoms with Gasteiger partial charge in [0, 0.05) is 9.26 Å². The van der Waals surface area contributed by atoms with Gasteiger partial charge in [-0.25, -0.2) is 0 Å². The maximum absolute atomic E-state index is 3.61. The van der Waals surface area contributed by atoms with Crippen LogP contribution in [0, 0.1) is 3.57 Å². The van der Waals surface area contributed by atoms with Gasteiger partial charge in [0.25, 0.3) is 0 Å². The van der Waals surface area contributed by atoms with Gasteiger partial charge >= 0.3 is 0 Å². The molecule has 0 spiro atoms. The van der Waals surface area contributed by atoms with E-state index in [2.05, 4.69) is 163 Å². The molecular weight excluding hydrogens is 536 g/mol. The van der Waals surface area contributed by atoms with Crippen molar-refractivity contribution in [3.05, 3.63) is 147 Å². The van der Waals surface area contributed by atoms with Crippen LogP contribution in [0.2, 0.25) is 6.82 Å². The van der Waals surface area contributed by atoms with Crippen LogP contribution < -0.4 is 10.8 Å². The zero-order valence-corrected chi connectivity index (χ0v) is 21.7. The molecule has 3 heteroatoms. The van der Waals surface area contributed by atoms with Crippen molar-refractivity contribution in [2.24, 2.45) is 0 Å². The lowest BCUT2D eigenvalue weighted by molar-refractivity contribution is 0.768. The van der Waals surface area contributed by atoms with Crippen LogP contribution in [0.25, 0.3) is 11.1 Å². The second-order valence-corrected chi connectivity index (χ2v) is 10.1. The van der Waals surface area contributed by atoms with Gasteiger partial charge in [0.15, 0.2) is 0 Å². The van der Waals surface area contributed by atoms with Gasteiger partial charge in [-0.3, -0.25) is 0 Å². The molecule has 35 heavy (non-hydrogen) atoms. The van der Waals surface area contributed by atoms with Gasteiger partial charge in [-0.05, 0) is 74.2 Å². The van der Waals surface area contributed by atoms with Gasteiger partial charge in [0.1, 0.15) is 7.28 Å². The van der Waals surface area contributed by atoms with Crippen LogP contribution in [0.3, 0.4) is 0 Å². The topological polar surface area (TPSA) is 12.0 Å². The van der Waals surface area contributed by atoms with Crippen LogP contribution in [-0.4, -0.2) is 7.28 Å². The zero-order chi connectivity index (χ0) is 23.8. The molecule has 1 N–H and O–H groups in total. The van der Waals surface area contributed by atoms with Crippen LogP contribution >= 0.6 is 22.6 Å². The Morgan fingerprint density at radius 1 is 0.629 bits per heavy atom. The Morgan fingerprint density at radius 2 is 1.20 bits per heavy atom. The molecule has 0 saturated carbocycles. The molecule has 5 aromatic rings. The number of nitrogens with one attached hydrogen (secondary N) is 1. The highest BCUT2D eigenvalue weighted by Crippen LogP contribution is 2.55. The monoisotopic (exact) mass is 560 g/mol. The standard InChI is InChI=1S/C32H24BIN/c1-33-24-17-20-31(30(34)21-24)35-25-18-15-23(16-19-25)32(22-9-3-2-4-10-22)28-13-7-5-11-26(28)27-12-6-8-14-29(27)32/h2-21,35H,1H3. The second kappa shape index (κ2) is 9.05. The third kappa shape index (κ3) is 3.61. The van der Waals surface area contributed by atoms with Gasteiger partial charge in [-0.2, -0.15) is 0 Å². The maximum atomic E-state index is 3.61. The lowest BCUT2D eigenvalue weighted by Crippen LogP contribution is -2.28. The number of halogens is 1. The highest BCUT2D eigenvalue weighted by atomic mass is 127. The lowest BCUT2D eigenvalue weighted by atomic mass is 9.68. The number of anilines is 2. The average Bonchev–Trinajstić information content (AvgIpc) is 3.22. The molecule has 0 fully saturated rings. The summed E-state index contributed by atoms with van der Waals surface area (Å²) in [6.45, 7) is 2.07. The van der Waals surface area contributed by atoms with Crippen molar-refractivity contribution in [3.63, 3.8) is 0 Å². The fourth-order valence-electron chi connectivity index (χ4n) is 5.48. The highest BCUT2D eigenvalue weighted by molar-refractivity contribution is 14.1. The van der Waals surface area contributed by atoms with E-state index < -0.39 is 0 Å². The summed E-state index contributed by atoms with van der Waals surface area (Å²) in [5.74, 6) is 0. The minimum atomic E-state index is -0.347. The molecule has 0 unspecified atom stereocenters. The number of rotatable bonds is 5. The summed E-state index contributed by atoms with van der Waals surface area (Å²) >= 11 is 2.40. The van der Waals surface area contributed by atoms with Crippen LogP contribution in [-0.2, 0) is 5.41 Å². The molecule has 5 aromatic carbocycles. The molecule has 1 nitrogen and oxygen atoms in total. The summed E-state index contributed by atoms with van der Waals surface area (Å²) in [7, 11) is 2.13. The van der Waals surface area contributed by atoms with E-state index in [0.29, 0.717) is 0 Å². The molecule has 167 valence electrons. The van der Waals surface area contributed by atoms with Gasteiger partial charge in [0.05, 0.1) is 11.1 Å². The van der Waals surface area contributed by atoms with Crippen LogP contribution in [0.15, 0.2) is 121 Å². The SMILES string of the molecule is C[B]c1ccc(Nc2ccc(C3(c4ccccc4)c4ccccc4-c4ccccc43)cc2)c(I)c1. The quantitative estimate of drug-likeness (QED) is 0.168. The molecular formula is C32H24BIN. The van der Waals surface area contributed by atoms with Gasteiger partial charge in [-0.1, -0.05) is 115 Å². The Hall–Kier alpha value is -3.31. The predicted octanol–water partition coefficient (Wildman–Crippen LogP) is 7.78. The summed E-state index contributed by atoms with van der Waals surface area (Å²) in [6.07, 6.45) is 0. The molecule has 0 amide bonds. The van der Waals surface area contributed by atoms with Crippen molar-refractivity contribution in [3.8, 4) is 11.1 Å². The Bertz CT molecular complexity index is 1460. The molecule has 1 aliphatic rings. The zero-order valence-electron chi connectivity index (χ0n) is 19.5. The Labute approximate surface area is 221 Å². The van der Waals surface area contributed by atoms with Crippen LogP contribution in [0.4, 0.5) is 11.4 Å². The Kier molecular flexibility index (Phi) is 5.73. The molecule has 0 bridgehead atoms. The van der Waals surface area contributed by atoms with Gasteiger partial charge < -0.3 is 5.32 Å². The van der Waals surface area contributed by atoms with Crippen molar-refractivity contribution >= 4 is 46.7 Å². The van der Waals surface area contributed by atoms with E-state index >= 15 is 0 Å². The summed E-state index contributed by atoms with van der Waals surface area (Å²) < 4.78 is 1.21. The van der Waals surface area contributed by atoms with Crippen LogP contribution in [0.5, 0.6) is 0 Å². The van der Waals surface area contributed by atoms with Crippen molar-refractivity contribution in [2.75, 3.05) is 5.32 Å². The second-order valence-electron chi connectivity index (χ2n) is 8.94. The van der Waals surface area contributed by atoms with E-state index in [-0.39, 0.29) is 5.41 Å². The first kappa shape index (κ1) is 22.2. The highest BCUT2D eigenvalue weighted by Gasteiger charge is 2.45. The fourth-order valence-corrected chi connectivity index (χ4v) is 6.16. The number of benzene rings is 5. The maximum Gasteiger partial charge on any atom is 0.148 e. The minimum Gasteiger partial charge on any atom is -0.355 e. The minimum absolute atomic E-state index is 0.347. The smallest absolute Gasteiger partial charge is 0.148 e. The van der Waals surface area contributed by atoms with E-state index in [9.17, 15) is 0 Å². The molecule has 1 radical (unpaired) electrons. The van der Waals surface area contributed by atoms with E-state index in [1.165, 1.54) is 42.4 Å². The van der Waals surface area contributed by atoms with E-state index in [4.69, 9.17) is 0 Å². The lowest BCUT2D eigenvalue weighted by Gasteiger charge is -2.34. The summed E-state index contributed by atoms with van der Waals surface area (Å²) in [5, 5.41) is 3.61. The fraction of sp³-hybridized carbons (Fsp3) is 0.0625. The van der Waals surface area contributed by atoms with Gasteiger partial charge in [0.2, 0.25) is 0 Å².